The van der Waals surface area contributed by atoms with E-state index in [9.17, 15) is 13.2 Å². The van der Waals surface area contributed by atoms with E-state index in [2.05, 4.69) is 10.0 Å². The minimum Gasteiger partial charge on any atom is -0.321 e. The lowest BCUT2D eigenvalue weighted by molar-refractivity contribution is 0.102. The summed E-state index contributed by atoms with van der Waals surface area (Å²) >= 11 is 1.54. The second kappa shape index (κ2) is 10.2. The first kappa shape index (κ1) is 23.6. The molecule has 0 bridgehead atoms. The lowest BCUT2D eigenvalue weighted by Gasteiger charge is -2.14. The second-order valence-electron chi connectivity index (χ2n) is 7.82. The maximum absolute atomic E-state index is 13.1. The third-order valence-electron chi connectivity index (χ3n) is 5.12. The molecule has 0 fully saturated rings. The summed E-state index contributed by atoms with van der Waals surface area (Å²) in [7, 11) is -3.87. The van der Waals surface area contributed by atoms with Crippen LogP contribution in [0.25, 0.3) is 0 Å². The Hall–Kier alpha value is -3.55. The van der Waals surface area contributed by atoms with Crippen LogP contribution in [0, 0.1) is 13.8 Å². The van der Waals surface area contributed by atoms with E-state index in [1.807, 2.05) is 67.6 Å². The Bertz CT molecular complexity index is 1440. The van der Waals surface area contributed by atoms with Gasteiger partial charge in [-0.25, -0.2) is 8.42 Å². The molecule has 34 heavy (non-hydrogen) atoms. The van der Waals surface area contributed by atoms with Crippen LogP contribution in [0.2, 0.25) is 0 Å². The van der Waals surface area contributed by atoms with Crippen LogP contribution in [0.1, 0.15) is 21.5 Å². The fourth-order valence-electron chi connectivity index (χ4n) is 3.42. The van der Waals surface area contributed by atoms with Crippen molar-refractivity contribution in [2.24, 2.45) is 0 Å². The molecule has 0 aliphatic rings. The van der Waals surface area contributed by atoms with Gasteiger partial charge in [-0.3, -0.25) is 9.52 Å². The molecule has 0 saturated carbocycles. The predicted octanol–water partition coefficient (Wildman–Crippen LogP) is 6.51. The summed E-state index contributed by atoms with van der Waals surface area (Å²) < 4.78 is 28.8. The number of sulfonamides is 1. The zero-order valence-corrected chi connectivity index (χ0v) is 20.4. The minimum absolute atomic E-state index is 0.0635. The normalized spacial score (nSPS) is 11.1. The molecule has 0 aliphatic carbocycles. The molecule has 0 radical (unpaired) electrons. The van der Waals surface area contributed by atoms with Crippen LogP contribution >= 0.6 is 11.8 Å². The van der Waals surface area contributed by atoms with Crippen molar-refractivity contribution < 1.29 is 13.2 Å². The van der Waals surface area contributed by atoms with Crippen LogP contribution in [0.3, 0.4) is 0 Å². The average Bonchev–Trinajstić information content (AvgIpc) is 2.81. The van der Waals surface area contributed by atoms with Crippen molar-refractivity contribution in [2.45, 2.75) is 28.5 Å². The molecule has 5 nitrogen and oxygen atoms in total. The summed E-state index contributed by atoms with van der Waals surface area (Å²) in [6.07, 6.45) is 0. The number of anilines is 2. The van der Waals surface area contributed by atoms with Crippen molar-refractivity contribution in [2.75, 3.05) is 10.0 Å². The summed E-state index contributed by atoms with van der Waals surface area (Å²) in [6.45, 7) is 3.60. The quantitative estimate of drug-likeness (QED) is 0.311. The fourth-order valence-corrected chi connectivity index (χ4v) is 5.66. The number of nitrogens with one attached hydrogen (secondary N) is 2. The van der Waals surface area contributed by atoms with E-state index >= 15 is 0 Å². The van der Waals surface area contributed by atoms with Gasteiger partial charge in [0, 0.05) is 21.0 Å². The van der Waals surface area contributed by atoms with E-state index < -0.39 is 10.0 Å². The Morgan fingerprint density at radius 2 is 1.53 bits per heavy atom. The number of carbonyl (C=O) groups is 1. The van der Waals surface area contributed by atoms with Crippen LogP contribution in [-0.2, 0) is 10.0 Å². The zero-order valence-electron chi connectivity index (χ0n) is 18.8. The molecule has 1 amide bonds. The smallest absolute Gasteiger partial charge is 0.262 e. The van der Waals surface area contributed by atoms with Gasteiger partial charge in [-0.1, -0.05) is 60.3 Å². The van der Waals surface area contributed by atoms with Gasteiger partial charge < -0.3 is 5.32 Å². The highest BCUT2D eigenvalue weighted by atomic mass is 32.2. The van der Waals surface area contributed by atoms with E-state index in [0.29, 0.717) is 16.9 Å². The second-order valence-corrected chi connectivity index (χ2v) is 10.6. The van der Waals surface area contributed by atoms with Crippen molar-refractivity contribution in [3.05, 3.63) is 114 Å². The van der Waals surface area contributed by atoms with Crippen LogP contribution in [0.5, 0.6) is 0 Å². The number of amides is 1. The van der Waals surface area contributed by atoms with Gasteiger partial charge in [0.15, 0.2) is 0 Å². The Morgan fingerprint density at radius 3 is 2.29 bits per heavy atom. The lowest BCUT2D eigenvalue weighted by Crippen LogP contribution is -2.17. The number of hydrogen-bond acceptors (Lipinski definition) is 4. The molecular formula is C27H24N2O3S2. The molecule has 7 heteroatoms. The van der Waals surface area contributed by atoms with E-state index in [0.717, 1.165) is 15.4 Å². The van der Waals surface area contributed by atoms with Crippen LogP contribution < -0.4 is 10.0 Å². The fraction of sp³-hybridized carbons (Fsp3) is 0.0741. The first-order valence-electron chi connectivity index (χ1n) is 10.7. The molecule has 0 aliphatic heterocycles. The standard InChI is InChI=1S/C27H24N2O3S2/c1-19-9-8-10-22(17-19)29-34(31,32)26-18-21(16-15-20(26)2)27(30)28-24-13-6-7-14-25(24)33-23-11-4-3-5-12-23/h3-18,29H,1-2H3,(H,28,30). The molecular weight excluding hydrogens is 464 g/mol. The topological polar surface area (TPSA) is 75.3 Å². The Labute approximate surface area is 204 Å². The van der Waals surface area contributed by atoms with Crippen molar-refractivity contribution >= 4 is 39.1 Å². The van der Waals surface area contributed by atoms with E-state index in [4.69, 9.17) is 0 Å². The maximum atomic E-state index is 13.1. The number of benzene rings is 4. The van der Waals surface area contributed by atoms with Crippen molar-refractivity contribution in [3.8, 4) is 0 Å². The summed E-state index contributed by atoms with van der Waals surface area (Å²) in [5, 5.41) is 2.93. The SMILES string of the molecule is Cc1cccc(NS(=O)(=O)c2cc(C(=O)Nc3ccccc3Sc3ccccc3)ccc2C)c1. The molecule has 4 aromatic carbocycles. The van der Waals surface area contributed by atoms with Gasteiger partial charge in [0.2, 0.25) is 0 Å². The molecule has 0 aromatic heterocycles. The highest BCUT2D eigenvalue weighted by Gasteiger charge is 2.20. The third-order valence-corrected chi connectivity index (χ3v) is 7.72. The van der Waals surface area contributed by atoms with Crippen LogP contribution in [0.4, 0.5) is 11.4 Å². The van der Waals surface area contributed by atoms with Gasteiger partial charge in [0.05, 0.1) is 10.6 Å². The molecule has 2 N–H and O–H groups in total. The monoisotopic (exact) mass is 488 g/mol. The Kier molecular flexibility index (Phi) is 7.05. The summed E-state index contributed by atoms with van der Waals surface area (Å²) in [5.41, 5.74) is 2.88. The largest absolute Gasteiger partial charge is 0.321 e. The van der Waals surface area contributed by atoms with E-state index in [1.165, 1.54) is 6.07 Å². The van der Waals surface area contributed by atoms with Gasteiger partial charge in [0.1, 0.15) is 0 Å². The number of carbonyl (C=O) groups excluding carboxylic acids is 1. The van der Waals surface area contributed by atoms with Crippen molar-refractivity contribution in [3.63, 3.8) is 0 Å². The number of aryl methyl sites for hydroxylation is 2. The van der Waals surface area contributed by atoms with E-state index in [1.54, 1.807) is 49.0 Å². The number of rotatable bonds is 7. The molecule has 0 spiro atoms. The van der Waals surface area contributed by atoms with Crippen molar-refractivity contribution in [1.29, 1.82) is 0 Å². The van der Waals surface area contributed by atoms with Gasteiger partial charge >= 0.3 is 0 Å². The zero-order chi connectivity index (χ0) is 24.1. The summed E-state index contributed by atoms with van der Waals surface area (Å²) in [5.74, 6) is -0.381. The number of para-hydroxylation sites is 1. The van der Waals surface area contributed by atoms with Crippen LogP contribution in [0.15, 0.2) is 112 Å². The molecule has 4 rings (SSSR count). The predicted molar refractivity (Wildman–Crippen MR) is 138 cm³/mol. The third kappa shape index (κ3) is 5.68. The molecule has 0 heterocycles. The summed E-state index contributed by atoms with van der Waals surface area (Å²) in [4.78, 5) is 15.1. The molecule has 0 unspecified atom stereocenters. The average molecular weight is 489 g/mol. The van der Waals surface area contributed by atoms with Gasteiger partial charge in [-0.05, 0) is 73.5 Å². The van der Waals surface area contributed by atoms with Gasteiger partial charge in [-0.2, -0.15) is 0 Å². The molecule has 172 valence electrons. The number of hydrogen-bond donors (Lipinski definition) is 2. The van der Waals surface area contributed by atoms with E-state index in [-0.39, 0.29) is 16.4 Å². The van der Waals surface area contributed by atoms with Crippen LogP contribution in [-0.4, -0.2) is 14.3 Å². The highest BCUT2D eigenvalue weighted by Crippen LogP contribution is 2.33. The molecule has 4 aromatic rings. The van der Waals surface area contributed by atoms with Crippen molar-refractivity contribution in [1.82, 2.24) is 0 Å². The Morgan fingerprint density at radius 1 is 0.794 bits per heavy atom. The summed E-state index contributed by atoms with van der Waals surface area (Å²) in [6, 6.07) is 29.2. The maximum Gasteiger partial charge on any atom is 0.262 e. The van der Waals surface area contributed by atoms with Gasteiger partial charge in [0.25, 0.3) is 15.9 Å². The molecule has 0 saturated heterocycles. The Balaban J connectivity index is 1.58. The highest BCUT2D eigenvalue weighted by molar-refractivity contribution is 7.99. The lowest BCUT2D eigenvalue weighted by atomic mass is 10.1. The molecule has 0 atom stereocenters. The first-order valence-corrected chi connectivity index (χ1v) is 13.0. The first-order chi connectivity index (χ1) is 16.3. The minimum atomic E-state index is -3.87. The van der Waals surface area contributed by atoms with Gasteiger partial charge in [-0.15, -0.1) is 0 Å².